The van der Waals surface area contributed by atoms with E-state index in [1.165, 1.54) is 19.3 Å². The van der Waals surface area contributed by atoms with Gasteiger partial charge in [-0.25, -0.2) is 0 Å². The molecule has 0 heterocycles. The van der Waals surface area contributed by atoms with Gasteiger partial charge in [0.2, 0.25) is 0 Å². The molecule has 0 radical (unpaired) electrons. The summed E-state index contributed by atoms with van der Waals surface area (Å²) < 4.78 is 0. The van der Waals surface area contributed by atoms with Crippen LogP contribution in [0.1, 0.15) is 38.2 Å². The van der Waals surface area contributed by atoms with Gasteiger partial charge < -0.3 is 5.11 Å². The molecule has 2 aromatic carbocycles. The highest BCUT2D eigenvalue weighted by molar-refractivity contribution is 7.80. The van der Waals surface area contributed by atoms with E-state index in [2.05, 4.69) is 31.7 Å². The van der Waals surface area contributed by atoms with Crippen molar-refractivity contribution < 1.29 is 5.11 Å². The van der Waals surface area contributed by atoms with Crippen LogP contribution in [-0.4, -0.2) is 5.11 Å². The third-order valence-electron chi connectivity index (χ3n) is 3.61. The van der Waals surface area contributed by atoms with Crippen molar-refractivity contribution >= 4 is 12.6 Å². The highest BCUT2D eigenvalue weighted by Gasteiger charge is 2.12. The van der Waals surface area contributed by atoms with Crippen molar-refractivity contribution in [2.45, 2.75) is 43.9 Å². The smallest absolute Gasteiger partial charge is 0.119 e. The van der Waals surface area contributed by atoms with Gasteiger partial charge in [0, 0.05) is 16.0 Å². The van der Waals surface area contributed by atoms with Crippen molar-refractivity contribution in [2.75, 3.05) is 0 Å². The normalized spacial score (nSPS) is 10.7. The lowest BCUT2D eigenvalue weighted by atomic mass is 9.94. The van der Waals surface area contributed by atoms with E-state index in [0.29, 0.717) is 5.75 Å². The quantitative estimate of drug-likeness (QED) is 0.533. The van der Waals surface area contributed by atoms with Gasteiger partial charge in [-0.1, -0.05) is 56.5 Å². The molecule has 0 aliphatic rings. The van der Waals surface area contributed by atoms with Crippen LogP contribution in [0, 0.1) is 0 Å². The number of thiol groups is 1. The summed E-state index contributed by atoms with van der Waals surface area (Å²) in [5.41, 5.74) is 3.23. The molecule has 0 atom stereocenters. The van der Waals surface area contributed by atoms with Crippen LogP contribution >= 0.6 is 12.6 Å². The first-order chi connectivity index (χ1) is 9.74. The number of benzene rings is 2. The van der Waals surface area contributed by atoms with Crippen LogP contribution in [0.2, 0.25) is 0 Å². The Labute approximate surface area is 127 Å². The zero-order valence-corrected chi connectivity index (χ0v) is 12.9. The zero-order chi connectivity index (χ0) is 14.4. The van der Waals surface area contributed by atoms with Gasteiger partial charge in [0.25, 0.3) is 0 Å². The summed E-state index contributed by atoms with van der Waals surface area (Å²) in [7, 11) is 0. The number of phenols is 1. The standard InChI is InChI=1S/C18H22OS/c1-2-3-4-8-11-15-16(19)12-13-17(20)18(15)14-9-6-5-7-10-14/h5-7,9-10,12-13,19-20H,2-4,8,11H2,1H3. The van der Waals surface area contributed by atoms with E-state index in [1.54, 1.807) is 6.07 Å². The molecule has 0 aliphatic heterocycles. The second kappa shape index (κ2) is 7.39. The molecule has 0 spiro atoms. The first-order valence-corrected chi connectivity index (χ1v) is 7.78. The molecular formula is C18H22OS. The predicted octanol–water partition coefficient (Wildman–Crippen LogP) is 5.47. The highest BCUT2D eigenvalue weighted by Crippen LogP contribution is 2.36. The van der Waals surface area contributed by atoms with Gasteiger partial charge in [-0.05, 0) is 30.5 Å². The number of phenolic OH excluding ortho intramolecular Hbond substituents is 1. The lowest BCUT2D eigenvalue weighted by molar-refractivity contribution is 0.466. The average Bonchev–Trinajstić information content (AvgIpc) is 2.48. The summed E-state index contributed by atoms with van der Waals surface area (Å²) >= 11 is 4.58. The molecule has 0 saturated heterocycles. The van der Waals surface area contributed by atoms with Gasteiger partial charge in [0.1, 0.15) is 5.75 Å². The van der Waals surface area contributed by atoms with Crippen molar-refractivity contribution in [2.24, 2.45) is 0 Å². The molecule has 0 saturated carbocycles. The third kappa shape index (κ3) is 3.57. The number of aromatic hydroxyl groups is 1. The minimum absolute atomic E-state index is 0.387. The zero-order valence-electron chi connectivity index (χ0n) is 12.0. The van der Waals surface area contributed by atoms with Crippen molar-refractivity contribution in [3.8, 4) is 16.9 Å². The fourth-order valence-electron chi connectivity index (χ4n) is 2.53. The lowest BCUT2D eigenvalue weighted by Crippen LogP contribution is -1.93. The molecule has 0 bridgehead atoms. The van der Waals surface area contributed by atoms with Crippen molar-refractivity contribution in [1.29, 1.82) is 0 Å². The van der Waals surface area contributed by atoms with Gasteiger partial charge in [0.05, 0.1) is 0 Å². The van der Waals surface area contributed by atoms with Crippen LogP contribution in [0.4, 0.5) is 0 Å². The molecule has 20 heavy (non-hydrogen) atoms. The van der Waals surface area contributed by atoms with Crippen LogP contribution < -0.4 is 0 Å². The molecule has 2 heteroatoms. The molecule has 2 rings (SSSR count). The molecular weight excluding hydrogens is 264 g/mol. The molecule has 0 amide bonds. The van der Waals surface area contributed by atoms with Gasteiger partial charge in [-0.15, -0.1) is 12.6 Å². The average molecular weight is 286 g/mol. The van der Waals surface area contributed by atoms with E-state index in [9.17, 15) is 5.11 Å². The van der Waals surface area contributed by atoms with Crippen LogP contribution in [0.5, 0.6) is 5.75 Å². The Bertz CT molecular complexity index is 549. The first kappa shape index (κ1) is 15.0. The van der Waals surface area contributed by atoms with Gasteiger partial charge in [-0.3, -0.25) is 0 Å². The Hall–Kier alpha value is -1.41. The molecule has 1 N–H and O–H groups in total. The number of unbranched alkanes of at least 4 members (excludes halogenated alkanes) is 3. The Morgan fingerprint density at radius 1 is 0.950 bits per heavy atom. The largest absolute Gasteiger partial charge is 0.508 e. The summed E-state index contributed by atoms with van der Waals surface area (Å²) in [6.07, 6.45) is 5.70. The second-order valence-corrected chi connectivity index (χ2v) is 5.62. The SMILES string of the molecule is CCCCCCc1c(O)ccc(S)c1-c1ccccc1. The van der Waals surface area contributed by atoms with E-state index >= 15 is 0 Å². The van der Waals surface area contributed by atoms with Crippen molar-refractivity contribution in [3.05, 3.63) is 48.0 Å². The van der Waals surface area contributed by atoms with Gasteiger partial charge in [0.15, 0.2) is 0 Å². The fraction of sp³-hybridized carbons (Fsp3) is 0.333. The van der Waals surface area contributed by atoms with Crippen LogP contribution in [0.15, 0.2) is 47.4 Å². The summed E-state index contributed by atoms with van der Waals surface area (Å²) in [6, 6.07) is 13.8. The number of rotatable bonds is 6. The number of hydrogen-bond acceptors (Lipinski definition) is 2. The number of hydrogen-bond donors (Lipinski definition) is 2. The summed E-state index contributed by atoms with van der Waals surface area (Å²) in [6.45, 7) is 2.21. The van der Waals surface area contributed by atoms with Crippen LogP contribution in [0.25, 0.3) is 11.1 Å². The third-order valence-corrected chi connectivity index (χ3v) is 3.98. The van der Waals surface area contributed by atoms with E-state index in [1.807, 2.05) is 24.3 Å². The Morgan fingerprint density at radius 3 is 2.40 bits per heavy atom. The molecule has 0 aromatic heterocycles. The van der Waals surface area contributed by atoms with Crippen LogP contribution in [0.3, 0.4) is 0 Å². The summed E-state index contributed by atoms with van der Waals surface area (Å²) in [5.74, 6) is 0.387. The fourth-order valence-corrected chi connectivity index (χ4v) is 2.87. The van der Waals surface area contributed by atoms with Crippen LogP contribution in [-0.2, 0) is 6.42 Å². The lowest BCUT2D eigenvalue weighted by Gasteiger charge is -2.14. The molecule has 0 fully saturated rings. The van der Waals surface area contributed by atoms with E-state index < -0.39 is 0 Å². The van der Waals surface area contributed by atoms with E-state index in [0.717, 1.165) is 34.4 Å². The second-order valence-electron chi connectivity index (χ2n) is 5.13. The Balaban J connectivity index is 2.32. The van der Waals surface area contributed by atoms with Gasteiger partial charge in [-0.2, -0.15) is 0 Å². The highest BCUT2D eigenvalue weighted by atomic mass is 32.1. The maximum atomic E-state index is 10.2. The molecule has 1 nitrogen and oxygen atoms in total. The van der Waals surface area contributed by atoms with Crippen molar-refractivity contribution in [1.82, 2.24) is 0 Å². The first-order valence-electron chi connectivity index (χ1n) is 7.33. The molecule has 106 valence electrons. The van der Waals surface area contributed by atoms with E-state index in [4.69, 9.17) is 0 Å². The Kier molecular flexibility index (Phi) is 5.54. The molecule has 0 aliphatic carbocycles. The van der Waals surface area contributed by atoms with Gasteiger partial charge >= 0.3 is 0 Å². The summed E-state index contributed by atoms with van der Waals surface area (Å²) in [4.78, 5) is 0.930. The minimum atomic E-state index is 0.387. The topological polar surface area (TPSA) is 20.2 Å². The Morgan fingerprint density at radius 2 is 1.70 bits per heavy atom. The van der Waals surface area contributed by atoms with E-state index in [-0.39, 0.29) is 0 Å². The maximum absolute atomic E-state index is 10.2. The predicted molar refractivity (Wildman–Crippen MR) is 88.6 cm³/mol. The molecule has 0 unspecified atom stereocenters. The maximum Gasteiger partial charge on any atom is 0.119 e. The minimum Gasteiger partial charge on any atom is -0.508 e. The summed E-state index contributed by atoms with van der Waals surface area (Å²) in [5, 5.41) is 10.2. The monoisotopic (exact) mass is 286 g/mol. The van der Waals surface area contributed by atoms with Crippen molar-refractivity contribution in [3.63, 3.8) is 0 Å². The molecule has 2 aromatic rings.